The highest BCUT2D eigenvalue weighted by molar-refractivity contribution is 6.00. The second kappa shape index (κ2) is 9.20. The third-order valence-corrected chi connectivity index (χ3v) is 3.50. The van der Waals surface area contributed by atoms with E-state index < -0.39 is 30.0 Å². The minimum atomic E-state index is -1.20. The summed E-state index contributed by atoms with van der Waals surface area (Å²) in [6.07, 6.45) is -1.51. The van der Waals surface area contributed by atoms with E-state index in [0.717, 1.165) is 0 Å². The van der Waals surface area contributed by atoms with Gasteiger partial charge in [-0.2, -0.15) is 0 Å². The summed E-state index contributed by atoms with van der Waals surface area (Å²) >= 11 is 0. The number of hydrogen-bond donors (Lipinski definition) is 3. The molecule has 0 aliphatic rings. The lowest BCUT2D eigenvalue weighted by Gasteiger charge is -2.14. The van der Waals surface area contributed by atoms with E-state index in [1.807, 2.05) is 0 Å². The quantitative estimate of drug-likeness (QED) is 0.647. The maximum absolute atomic E-state index is 12.4. The molecule has 0 spiro atoms. The standard InChI is InChI=1S/C18H27N3O6/c1-8(2)19-18(25)21-15(22)12(7)27-17(24)14-10(5)13(11(6)20-14)16(23)26-9(3)4/h8-9,12,20H,1-7H3,(H2,19,21,22,25)/t12-/m0/s1. The molecule has 0 aliphatic carbocycles. The first kappa shape index (κ1) is 22.2. The topological polar surface area (TPSA) is 127 Å². The Morgan fingerprint density at radius 3 is 2.04 bits per heavy atom. The number of imide groups is 1. The van der Waals surface area contributed by atoms with Crippen LogP contribution in [-0.2, 0) is 14.3 Å². The number of aromatic nitrogens is 1. The molecule has 1 rings (SSSR count). The molecule has 9 nitrogen and oxygen atoms in total. The Hall–Kier alpha value is -2.84. The lowest BCUT2D eigenvalue weighted by molar-refractivity contribution is -0.127. The normalized spacial score (nSPS) is 11.9. The summed E-state index contributed by atoms with van der Waals surface area (Å²) in [6.45, 7) is 11.5. The summed E-state index contributed by atoms with van der Waals surface area (Å²) in [5, 5.41) is 4.58. The van der Waals surface area contributed by atoms with E-state index in [9.17, 15) is 19.2 Å². The van der Waals surface area contributed by atoms with Crippen LogP contribution < -0.4 is 10.6 Å². The van der Waals surface area contributed by atoms with Gasteiger partial charge in [-0.05, 0) is 54.0 Å². The molecule has 1 aromatic rings. The largest absolute Gasteiger partial charge is 0.459 e. The van der Waals surface area contributed by atoms with Crippen molar-refractivity contribution < 1.29 is 28.7 Å². The van der Waals surface area contributed by atoms with Crippen molar-refractivity contribution in [2.24, 2.45) is 0 Å². The van der Waals surface area contributed by atoms with Crippen molar-refractivity contribution in [2.75, 3.05) is 0 Å². The van der Waals surface area contributed by atoms with Crippen LogP contribution in [0, 0.1) is 13.8 Å². The first-order valence-electron chi connectivity index (χ1n) is 8.66. The lowest BCUT2D eigenvalue weighted by atomic mass is 10.1. The summed E-state index contributed by atoms with van der Waals surface area (Å²) in [6, 6.07) is -0.826. The molecule has 0 radical (unpaired) electrons. The van der Waals surface area contributed by atoms with Gasteiger partial charge in [0, 0.05) is 11.7 Å². The minimum absolute atomic E-state index is 0.0505. The molecule has 1 heterocycles. The van der Waals surface area contributed by atoms with Crippen LogP contribution in [0.3, 0.4) is 0 Å². The van der Waals surface area contributed by atoms with Gasteiger partial charge in [0.25, 0.3) is 5.91 Å². The molecular formula is C18H27N3O6. The van der Waals surface area contributed by atoms with E-state index in [1.54, 1.807) is 41.5 Å². The fourth-order valence-corrected chi connectivity index (χ4v) is 2.32. The van der Waals surface area contributed by atoms with E-state index in [0.29, 0.717) is 11.3 Å². The molecule has 1 aromatic heterocycles. The van der Waals surface area contributed by atoms with Crippen LogP contribution in [-0.4, -0.2) is 47.1 Å². The summed E-state index contributed by atoms with van der Waals surface area (Å²) < 4.78 is 10.3. The van der Waals surface area contributed by atoms with Crippen LogP contribution in [0.25, 0.3) is 0 Å². The molecule has 0 unspecified atom stereocenters. The molecule has 9 heteroatoms. The van der Waals surface area contributed by atoms with Crippen LogP contribution in [0.5, 0.6) is 0 Å². The highest BCUT2D eigenvalue weighted by Gasteiger charge is 2.27. The molecule has 27 heavy (non-hydrogen) atoms. The van der Waals surface area contributed by atoms with Gasteiger partial charge in [-0.1, -0.05) is 0 Å². The highest BCUT2D eigenvalue weighted by atomic mass is 16.6. The van der Waals surface area contributed by atoms with E-state index in [-0.39, 0.29) is 23.4 Å². The van der Waals surface area contributed by atoms with Gasteiger partial charge in [0.1, 0.15) is 5.69 Å². The number of carbonyl (C=O) groups is 4. The zero-order chi connectivity index (χ0) is 20.9. The van der Waals surface area contributed by atoms with E-state index in [2.05, 4.69) is 15.6 Å². The van der Waals surface area contributed by atoms with Crippen LogP contribution in [0.2, 0.25) is 0 Å². The number of ether oxygens (including phenoxy) is 2. The molecular weight excluding hydrogens is 354 g/mol. The number of carbonyl (C=O) groups excluding carboxylic acids is 4. The molecule has 0 aromatic carbocycles. The monoisotopic (exact) mass is 381 g/mol. The predicted octanol–water partition coefficient (Wildman–Crippen LogP) is 1.98. The highest BCUT2D eigenvalue weighted by Crippen LogP contribution is 2.20. The van der Waals surface area contributed by atoms with Crippen molar-refractivity contribution in [3.63, 3.8) is 0 Å². The first-order chi connectivity index (χ1) is 12.4. The number of amides is 3. The third kappa shape index (κ3) is 6.12. The van der Waals surface area contributed by atoms with Gasteiger partial charge in [0.05, 0.1) is 11.7 Å². The van der Waals surface area contributed by atoms with Crippen molar-refractivity contribution in [3.8, 4) is 0 Å². The number of rotatable bonds is 6. The molecule has 3 N–H and O–H groups in total. The molecule has 0 aliphatic heterocycles. The van der Waals surface area contributed by atoms with E-state index in [1.165, 1.54) is 6.92 Å². The van der Waals surface area contributed by atoms with Crippen LogP contribution in [0.1, 0.15) is 66.7 Å². The SMILES string of the molecule is Cc1[nH]c(C(=O)O[C@@H](C)C(=O)NC(=O)NC(C)C)c(C)c1C(=O)OC(C)C. The van der Waals surface area contributed by atoms with Crippen LogP contribution in [0.4, 0.5) is 4.79 Å². The third-order valence-electron chi connectivity index (χ3n) is 3.50. The van der Waals surface area contributed by atoms with Crippen LogP contribution in [0.15, 0.2) is 0 Å². The van der Waals surface area contributed by atoms with Crippen molar-refractivity contribution in [1.29, 1.82) is 0 Å². The number of aromatic amines is 1. The predicted molar refractivity (Wildman–Crippen MR) is 97.5 cm³/mol. The summed E-state index contributed by atoms with van der Waals surface area (Å²) in [7, 11) is 0. The van der Waals surface area contributed by atoms with Gasteiger partial charge in [-0.25, -0.2) is 14.4 Å². The summed E-state index contributed by atoms with van der Waals surface area (Å²) in [5.41, 5.74) is 1.13. The Bertz CT molecular complexity index is 736. The number of urea groups is 1. The molecule has 0 fully saturated rings. The number of nitrogens with one attached hydrogen (secondary N) is 3. The van der Waals surface area contributed by atoms with Gasteiger partial charge in [0.15, 0.2) is 6.10 Å². The Kier molecular flexibility index (Phi) is 7.56. The second-order valence-electron chi connectivity index (χ2n) is 6.74. The smallest absolute Gasteiger partial charge is 0.355 e. The number of hydrogen-bond acceptors (Lipinski definition) is 6. The van der Waals surface area contributed by atoms with Gasteiger partial charge in [0.2, 0.25) is 0 Å². The fraction of sp³-hybridized carbons (Fsp3) is 0.556. The Morgan fingerprint density at radius 2 is 1.52 bits per heavy atom. The minimum Gasteiger partial charge on any atom is -0.459 e. The lowest BCUT2D eigenvalue weighted by Crippen LogP contribution is -2.46. The van der Waals surface area contributed by atoms with Crippen molar-refractivity contribution in [1.82, 2.24) is 15.6 Å². The van der Waals surface area contributed by atoms with Gasteiger partial charge in [-0.15, -0.1) is 0 Å². The van der Waals surface area contributed by atoms with Crippen molar-refractivity contribution in [2.45, 2.75) is 66.7 Å². The molecule has 0 bridgehead atoms. The average molecular weight is 381 g/mol. The Morgan fingerprint density at radius 1 is 0.926 bits per heavy atom. The molecule has 0 saturated heterocycles. The number of aryl methyl sites for hydroxylation is 1. The Labute approximate surface area is 158 Å². The van der Waals surface area contributed by atoms with Gasteiger partial charge >= 0.3 is 18.0 Å². The maximum atomic E-state index is 12.4. The zero-order valence-electron chi connectivity index (χ0n) is 16.7. The first-order valence-corrected chi connectivity index (χ1v) is 8.66. The molecule has 0 saturated carbocycles. The molecule has 1 atom stereocenters. The fourth-order valence-electron chi connectivity index (χ4n) is 2.32. The zero-order valence-corrected chi connectivity index (χ0v) is 16.7. The molecule has 3 amide bonds. The number of esters is 2. The Balaban J connectivity index is 2.84. The summed E-state index contributed by atoms with van der Waals surface area (Å²) in [4.78, 5) is 50.8. The maximum Gasteiger partial charge on any atom is 0.355 e. The summed E-state index contributed by atoms with van der Waals surface area (Å²) in [5.74, 6) is -2.13. The van der Waals surface area contributed by atoms with Gasteiger partial charge in [-0.3, -0.25) is 10.1 Å². The average Bonchev–Trinajstić information content (AvgIpc) is 2.80. The van der Waals surface area contributed by atoms with E-state index >= 15 is 0 Å². The second-order valence-corrected chi connectivity index (χ2v) is 6.74. The van der Waals surface area contributed by atoms with Crippen molar-refractivity contribution in [3.05, 3.63) is 22.5 Å². The van der Waals surface area contributed by atoms with E-state index in [4.69, 9.17) is 9.47 Å². The van der Waals surface area contributed by atoms with Crippen LogP contribution >= 0.6 is 0 Å². The van der Waals surface area contributed by atoms with Gasteiger partial charge < -0.3 is 19.8 Å². The number of H-pyrrole nitrogens is 1. The van der Waals surface area contributed by atoms with Crippen molar-refractivity contribution >= 4 is 23.9 Å². The molecule has 150 valence electrons.